The van der Waals surface area contributed by atoms with E-state index in [9.17, 15) is 4.79 Å². The Hall–Kier alpha value is -3.13. The number of pyridine rings is 1. The van der Waals surface area contributed by atoms with Gasteiger partial charge in [0, 0.05) is 23.5 Å². The molecule has 4 aromatic rings. The first-order valence-electron chi connectivity index (χ1n) is 8.00. The molecule has 0 fully saturated rings. The van der Waals surface area contributed by atoms with Crippen LogP contribution in [0.25, 0.3) is 27.8 Å². The van der Waals surface area contributed by atoms with Gasteiger partial charge in [0.15, 0.2) is 5.78 Å². The van der Waals surface area contributed by atoms with Crippen LogP contribution in [0, 0.1) is 0 Å². The van der Waals surface area contributed by atoms with E-state index in [0.29, 0.717) is 0 Å². The molecule has 0 unspecified atom stereocenters. The Morgan fingerprint density at radius 1 is 0.792 bits per heavy atom. The van der Waals surface area contributed by atoms with Gasteiger partial charge in [0.1, 0.15) is 0 Å². The van der Waals surface area contributed by atoms with Crippen LogP contribution in [-0.4, -0.2) is 10.2 Å². The fourth-order valence-corrected chi connectivity index (χ4v) is 3.06. The maximum absolute atomic E-state index is 11.5. The molecule has 24 heavy (non-hydrogen) atoms. The van der Waals surface area contributed by atoms with Crippen LogP contribution >= 0.6 is 0 Å². The van der Waals surface area contributed by atoms with Gasteiger partial charge < -0.3 is 4.40 Å². The lowest BCUT2D eigenvalue weighted by Gasteiger charge is -2.10. The molecule has 4 rings (SSSR count). The number of benzene rings is 2. The first-order chi connectivity index (χ1) is 11.7. The number of fused-ring (bicyclic) bond motifs is 1. The van der Waals surface area contributed by atoms with Gasteiger partial charge >= 0.3 is 0 Å². The third-order valence-electron chi connectivity index (χ3n) is 4.34. The minimum atomic E-state index is 0.0902. The van der Waals surface area contributed by atoms with E-state index in [2.05, 4.69) is 59.3 Å². The Morgan fingerprint density at radius 3 is 2.25 bits per heavy atom. The third kappa shape index (κ3) is 2.52. The van der Waals surface area contributed by atoms with Crippen molar-refractivity contribution in [1.29, 1.82) is 0 Å². The smallest absolute Gasteiger partial charge is 0.159 e. The molecular weight excluding hydrogens is 294 g/mol. The predicted molar refractivity (Wildman–Crippen MR) is 98.3 cm³/mol. The number of Topliss-reactive ketones (excluding diaryl/α,β-unsaturated/α-hetero) is 1. The molecule has 0 bridgehead atoms. The van der Waals surface area contributed by atoms with Crippen LogP contribution in [0.2, 0.25) is 0 Å². The second kappa shape index (κ2) is 5.82. The number of carbonyl (C=O) groups is 1. The van der Waals surface area contributed by atoms with Crippen LogP contribution in [0.15, 0.2) is 85.2 Å². The van der Waals surface area contributed by atoms with Gasteiger partial charge in [-0.2, -0.15) is 0 Å². The topological polar surface area (TPSA) is 21.5 Å². The van der Waals surface area contributed by atoms with Crippen molar-refractivity contribution in [1.82, 2.24) is 4.40 Å². The van der Waals surface area contributed by atoms with Gasteiger partial charge in [0.05, 0.1) is 5.52 Å². The lowest BCUT2D eigenvalue weighted by Crippen LogP contribution is -1.93. The summed E-state index contributed by atoms with van der Waals surface area (Å²) in [6.45, 7) is 1.59. The Bertz CT molecular complexity index is 1010. The van der Waals surface area contributed by atoms with Crippen LogP contribution in [-0.2, 0) is 0 Å². The molecule has 2 aromatic heterocycles. The van der Waals surface area contributed by atoms with Gasteiger partial charge in [0.25, 0.3) is 0 Å². The SMILES string of the molecule is CC(=O)c1ccc(-c2cc(-c3ccccc3)cn3cccc23)cc1. The van der Waals surface area contributed by atoms with Crippen molar-refractivity contribution >= 4 is 11.3 Å². The van der Waals surface area contributed by atoms with Crippen LogP contribution < -0.4 is 0 Å². The van der Waals surface area contributed by atoms with Crippen molar-refractivity contribution in [2.24, 2.45) is 0 Å². The fourth-order valence-electron chi connectivity index (χ4n) is 3.06. The molecule has 0 aliphatic carbocycles. The summed E-state index contributed by atoms with van der Waals surface area (Å²) in [5, 5.41) is 0. The summed E-state index contributed by atoms with van der Waals surface area (Å²) in [5.41, 5.74) is 6.53. The van der Waals surface area contributed by atoms with Crippen molar-refractivity contribution in [3.63, 3.8) is 0 Å². The lowest BCUT2D eigenvalue weighted by molar-refractivity contribution is 0.101. The zero-order valence-electron chi connectivity index (χ0n) is 13.4. The van der Waals surface area contributed by atoms with Gasteiger partial charge in [0.2, 0.25) is 0 Å². The number of hydrogen-bond donors (Lipinski definition) is 0. The van der Waals surface area contributed by atoms with E-state index in [-0.39, 0.29) is 5.78 Å². The molecule has 0 radical (unpaired) electrons. The van der Waals surface area contributed by atoms with Gasteiger partial charge in [-0.3, -0.25) is 4.79 Å². The average Bonchev–Trinajstić information content (AvgIpc) is 3.10. The summed E-state index contributed by atoms with van der Waals surface area (Å²) in [4.78, 5) is 11.5. The van der Waals surface area contributed by atoms with Gasteiger partial charge in [-0.15, -0.1) is 0 Å². The van der Waals surface area contributed by atoms with E-state index >= 15 is 0 Å². The standard InChI is InChI=1S/C22H17NO/c1-16(24)17-9-11-19(12-10-17)21-14-20(18-6-3-2-4-7-18)15-23-13-5-8-22(21)23/h2-15H,1H3. The minimum Gasteiger partial charge on any atom is -0.323 e. The summed E-state index contributed by atoms with van der Waals surface area (Å²) >= 11 is 0. The molecule has 0 N–H and O–H groups in total. The second-order valence-corrected chi connectivity index (χ2v) is 5.94. The normalized spacial score (nSPS) is 10.9. The highest BCUT2D eigenvalue weighted by molar-refractivity contribution is 5.95. The Balaban J connectivity index is 1.90. The molecule has 2 nitrogen and oxygen atoms in total. The zero-order chi connectivity index (χ0) is 16.5. The molecule has 0 atom stereocenters. The van der Waals surface area contributed by atoms with Crippen molar-refractivity contribution in [3.05, 3.63) is 90.8 Å². The largest absolute Gasteiger partial charge is 0.323 e. The van der Waals surface area contributed by atoms with Crippen molar-refractivity contribution in [2.45, 2.75) is 6.92 Å². The Morgan fingerprint density at radius 2 is 1.54 bits per heavy atom. The van der Waals surface area contributed by atoms with Crippen LogP contribution in [0.1, 0.15) is 17.3 Å². The van der Waals surface area contributed by atoms with E-state index < -0.39 is 0 Å². The fraction of sp³-hybridized carbons (Fsp3) is 0.0455. The molecule has 2 heteroatoms. The molecule has 0 amide bonds. The van der Waals surface area contributed by atoms with Crippen molar-refractivity contribution in [2.75, 3.05) is 0 Å². The predicted octanol–water partition coefficient (Wildman–Crippen LogP) is 5.48. The first-order valence-corrected chi connectivity index (χ1v) is 8.00. The zero-order valence-corrected chi connectivity index (χ0v) is 13.4. The number of aromatic nitrogens is 1. The molecule has 0 saturated carbocycles. The van der Waals surface area contributed by atoms with Crippen molar-refractivity contribution in [3.8, 4) is 22.3 Å². The van der Waals surface area contributed by atoms with E-state index in [1.807, 2.05) is 30.3 Å². The summed E-state index contributed by atoms with van der Waals surface area (Å²) < 4.78 is 2.15. The molecule has 0 aliphatic rings. The summed E-state index contributed by atoms with van der Waals surface area (Å²) in [5.74, 6) is 0.0902. The first kappa shape index (κ1) is 14.5. The number of nitrogens with zero attached hydrogens (tertiary/aromatic N) is 1. The Labute approximate surface area is 141 Å². The van der Waals surface area contributed by atoms with Gasteiger partial charge in [-0.1, -0.05) is 54.6 Å². The van der Waals surface area contributed by atoms with E-state index in [1.165, 1.54) is 11.1 Å². The highest BCUT2D eigenvalue weighted by atomic mass is 16.1. The van der Waals surface area contributed by atoms with E-state index in [1.54, 1.807) is 6.92 Å². The van der Waals surface area contributed by atoms with Gasteiger partial charge in [-0.25, -0.2) is 0 Å². The number of ketones is 1. The highest BCUT2D eigenvalue weighted by Gasteiger charge is 2.09. The summed E-state index contributed by atoms with van der Waals surface area (Å²) in [6, 6.07) is 24.6. The number of rotatable bonds is 3. The lowest BCUT2D eigenvalue weighted by atomic mass is 9.99. The third-order valence-corrected chi connectivity index (χ3v) is 4.34. The Kier molecular flexibility index (Phi) is 3.51. The molecule has 2 heterocycles. The maximum atomic E-state index is 11.5. The monoisotopic (exact) mass is 311 g/mol. The number of hydrogen-bond acceptors (Lipinski definition) is 1. The molecular formula is C22H17NO. The summed E-state index contributed by atoms with van der Waals surface area (Å²) in [6.07, 6.45) is 4.22. The molecule has 116 valence electrons. The van der Waals surface area contributed by atoms with Gasteiger partial charge in [-0.05, 0) is 41.8 Å². The van der Waals surface area contributed by atoms with Crippen LogP contribution in [0.5, 0.6) is 0 Å². The molecule has 0 saturated heterocycles. The van der Waals surface area contributed by atoms with Crippen LogP contribution in [0.3, 0.4) is 0 Å². The second-order valence-electron chi connectivity index (χ2n) is 5.94. The quantitative estimate of drug-likeness (QED) is 0.459. The maximum Gasteiger partial charge on any atom is 0.159 e. The molecule has 0 spiro atoms. The number of carbonyl (C=O) groups excluding carboxylic acids is 1. The van der Waals surface area contributed by atoms with Crippen molar-refractivity contribution < 1.29 is 4.79 Å². The van der Waals surface area contributed by atoms with E-state index in [4.69, 9.17) is 0 Å². The van der Waals surface area contributed by atoms with Crippen LogP contribution in [0.4, 0.5) is 0 Å². The molecule has 2 aromatic carbocycles. The summed E-state index contributed by atoms with van der Waals surface area (Å²) in [7, 11) is 0. The highest BCUT2D eigenvalue weighted by Crippen LogP contribution is 2.30. The van der Waals surface area contributed by atoms with E-state index in [0.717, 1.165) is 22.2 Å². The molecule has 0 aliphatic heterocycles. The minimum absolute atomic E-state index is 0.0902. The average molecular weight is 311 g/mol.